The molecule has 0 spiro atoms. The number of amidine groups is 1. The number of hydrogen-bond donors (Lipinski definition) is 0. The number of amides is 1. The summed E-state index contributed by atoms with van der Waals surface area (Å²) in [6, 6.07) is 19.0. The normalized spacial score (nSPS) is 16.8. The Morgan fingerprint density at radius 3 is 2.48 bits per heavy atom. The SMILES string of the molecule is N#CC1C(=O)N=C(SCCc2ccccc2)N=C1c1ccc(Cl)cc1. The molecule has 4 nitrogen and oxygen atoms in total. The number of halogens is 1. The third-order valence-corrected chi connectivity index (χ3v) is 4.78. The molecule has 0 saturated heterocycles. The molecule has 0 N–H and O–H groups in total. The zero-order valence-corrected chi connectivity index (χ0v) is 14.8. The van der Waals surface area contributed by atoms with Crippen LogP contribution < -0.4 is 0 Å². The van der Waals surface area contributed by atoms with Crippen molar-refractivity contribution in [1.82, 2.24) is 0 Å². The smallest absolute Gasteiger partial charge is 0.271 e. The van der Waals surface area contributed by atoms with Crippen LogP contribution in [0.4, 0.5) is 0 Å². The summed E-state index contributed by atoms with van der Waals surface area (Å²) in [5.74, 6) is -0.686. The summed E-state index contributed by atoms with van der Waals surface area (Å²) in [7, 11) is 0. The van der Waals surface area contributed by atoms with Crippen LogP contribution in [0.15, 0.2) is 64.6 Å². The van der Waals surface area contributed by atoms with Gasteiger partial charge in [0.05, 0.1) is 11.8 Å². The van der Waals surface area contributed by atoms with Crippen LogP contribution in [-0.2, 0) is 11.2 Å². The molecule has 1 aliphatic heterocycles. The molecule has 25 heavy (non-hydrogen) atoms. The standard InChI is InChI=1S/C19H14ClN3OS/c20-15-8-6-14(7-9-15)17-16(12-21)18(24)23-19(22-17)25-11-10-13-4-2-1-3-5-13/h1-9,16H,10-11H2. The second-order valence-corrected chi connectivity index (χ2v) is 6.88. The largest absolute Gasteiger partial charge is 0.271 e. The molecule has 2 aromatic carbocycles. The summed E-state index contributed by atoms with van der Waals surface area (Å²) >= 11 is 7.32. The van der Waals surface area contributed by atoms with Crippen molar-refractivity contribution in [3.63, 3.8) is 0 Å². The van der Waals surface area contributed by atoms with Crippen molar-refractivity contribution in [3.05, 3.63) is 70.7 Å². The van der Waals surface area contributed by atoms with Crippen molar-refractivity contribution in [3.8, 4) is 6.07 Å². The predicted octanol–water partition coefficient (Wildman–Crippen LogP) is 4.14. The van der Waals surface area contributed by atoms with E-state index < -0.39 is 11.8 Å². The topological polar surface area (TPSA) is 65.6 Å². The predicted molar refractivity (Wildman–Crippen MR) is 102 cm³/mol. The van der Waals surface area contributed by atoms with Crippen molar-refractivity contribution < 1.29 is 4.79 Å². The van der Waals surface area contributed by atoms with Crippen LogP contribution in [0.1, 0.15) is 11.1 Å². The second-order valence-electron chi connectivity index (χ2n) is 5.38. The average Bonchev–Trinajstić information content (AvgIpc) is 2.63. The molecule has 2 aromatic rings. The Bertz CT molecular complexity index is 870. The van der Waals surface area contributed by atoms with Gasteiger partial charge in [-0.25, -0.2) is 4.99 Å². The van der Waals surface area contributed by atoms with Gasteiger partial charge in [0.1, 0.15) is 0 Å². The number of nitriles is 1. The number of carbonyl (C=O) groups is 1. The van der Waals surface area contributed by atoms with E-state index in [4.69, 9.17) is 11.6 Å². The Morgan fingerprint density at radius 1 is 1.08 bits per heavy atom. The highest BCUT2D eigenvalue weighted by molar-refractivity contribution is 8.13. The highest BCUT2D eigenvalue weighted by atomic mass is 35.5. The second kappa shape index (κ2) is 8.11. The van der Waals surface area contributed by atoms with Gasteiger partial charge < -0.3 is 0 Å². The zero-order valence-electron chi connectivity index (χ0n) is 13.2. The van der Waals surface area contributed by atoms with Gasteiger partial charge in [0.2, 0.25) is 0 Å². The third kappa shape index (κ3) is 4.36. The lowest BCUT2D eigenvalue weighted by Crippen LogP contribution is -2.27. The van der Waals surface area contributed by atoms with Gasteiger partial charge in [-0.05, 0) is 29.7 Å². The minimum absolute atomic E-state index is 0.400. The molecule has 1 unspecified atom stereocenters. The number of nitrogens with zero attached hydrogens (tertiary/aromatic N) is 3. The summed E-state index contributed by atoms with van der Waals surface area (Å²) < 4.78 is 0. The summed E-state index contributed by atoms with van der Waals surface area (Å²) in [6.45, 7) is 0. The van der Waals surface area contributed by atoms with Crippen LogP contribution in [0.3, 0.4) is 0 Å². The minimum atomic E-state index is -0.973. The lowest BCUT2D eigenvalue weighted by Gasteiger charge is -2.15. The van der Waals surface area contributed by atoms with Gasteiger partial charge in [0.25, 0.3) is 5.91 Å². The highest BCUT2D eigenvalue weighted by Gasteiger charge is 2.30. The summed E-state index contributed by atoms with van der Waals surface area (Å²) in [5, 5.41) is 10.3. The van der Waals surface area contributed by atoms with Gasteiger partial charge in [-0.1, -0.05) is 65.8 Å². The Morgan fingerprint density at radius 2 is 1.80 bits per heavy atom. The minimum Gasteiger partial charge on any atom is -0.271 e. The van der Waals surface area contributed by atoms with Gasteiger partial charge in [-0.15, -0.1) is 0 Å². The first-order valence-corrected chi connectivity index (χ1v) is 9.07. The van der Waals surface area contributed by atoms with Crippen molar-refractivity contribution in [2.75, 3.05) is 5.75 Å². The molecule has 1 amide bonds. The molecule has 1 heterocycles. The van der Waals surface area contributed by atoms with Crippen molar-refractivity contribution >= 4 is 40.1 Å². The molecular weight excluding hydrogens is 354 g/mol. The van der Waals surface area contributed by atoms with Crippen LogP contribution >= 0.6 is 23.4 Å². The number of thioether (sulfide) groups is 1. The van der Waals surface area contributed by atoms with E-state index in [1.165, 1.54) is 17.3 Å². The number of carbonyl (C=O) groups excluding carboxylic acids is 1. The number of hydrogen-bond acceptors (Lipinski definition) is 4. The number of aliphatic imine (C=N–C) groups is 2. The molecule has 3 rings (SSSR count). The maximum absolute atomic E-state index is 12.2. The van der Waals surface area contributed by atoms with E-state index in [9.17, 15) is 10.1 Å². The van der Waals surface area contributed by atoms with Crippen LogP contribution in [0.25, 0.3) is 0 Å². The molecule has 0 aromatic heterocycles. The first-order chi connectivity index (χ1) is 12.2. The van der Waals surface area contributed by atoms with Gasteiger partial charge in [-0.2, -0.15) is 10.3 Å². The van der Waals surface area contributed by atoms with E-state index >= 15 is 0 Å². The molecule has 0 radical (unpaired) electrons. The van der Waals surface area contributed by atoms with E-state index in [0.717, 1.165) is 12.2 Å². The van der Waals surface area contributed by atoms with Gasteiger partial charge in [0.15, 0.2) is 11.1 Å². The van der Waals surface area contributed by atoms with E-state index in [1.54, 1.807) is 24.3 Å². The quantitative estimate of drug-likeness (QED) is 0.815. The van der Waals surface area contributed by atoms with Gasteiger partial charge >= 0.3 is 0 Å². The Kier molecular flexibility index (Phi) is 5.64. The molecule has 6 heteroatoms. The van der Waals surface area contributed by atoms with Gasteiger partial charge in [-0.3, -0.25) is 4.79 Å². The third-order valence-electron chi connectivity index (χ3n) is 3.68. The molecule has 0 fully saturated rings. The van der Waals surface area contributed by atoms with Crippen LogP contribution in [0.2, 0.25) is 5.02 Å². The Balaban J connectivity index is 1.76. The molecule has 0 aliphatic carbocycles. The van der Waals surface area contributed by atoms with E-state index in [0.29, 0.717) is 21.5 Å². The fraction of sp³-hybridized carbons (Fsp3) is 0.158. The summed E-state index contributed by atoms with van der Waals surface area (Å²) in [6.07, 6.45) is 0.853. The maximum atomic E-state index is 12.2. The molecule has 1 atom stereocenters. The average molecular weight is 368 g/mol. The lowest BCUT2D eigenvalue weighted by atomic mass is 9.96. The van der Waals surface area contributed by atoms with Crippen LogP contribution in [-0.4, -0.2) is 22.5 Å². The summed E-state index contributed by atoms with van der Waals surface area (Å²) in [4.78, 5) is 20.6. The molecule has 0 saturated carbocycles. The fourth-order valence-electron chi connectivity index (χ4n) is 2.41. The van der Waals surface area contributed by atoms with E-state index in [-0.39, 0.29) is 0 Å². The highest BCUT2D eigenvalue weighted by Crippen LogP contribution is 2.22. The first kappa shape index (κ1) is 17.4. The van der Waals surface area contributed by atoms with Crippen LogP contribution in [0.5, 0.6) is 0 Å². The maximum Gasteiger partial charge on any atom is 0.271 e. The first-order valence-electron chi connectivity index (χ1n) is 7.71. The van der Waals surface area contributed by atoms with E-state index in [2.05, 4.69) is 22.1 Å². The molecule has 0 bridgehead atoms. The van der Waals surface area contributed by atoms with Crippen molar-refractivity contribution in [1.29, 1.82) is 5.26 Å². The number of rotatable bonds is 4. The molecule has 1 aliphatic rings. The van der Waals surface area contributed by atoms with Crippen molar-refractivity contribution in [2.45, 2.75) is 6.42 Å². The fourth-order valence-corrected chi connectivity index (χ4v) is 3.37. The number of benzene rings is 2. The molecule has 124 valence electrons. The lowest BCUT2D eigenvalue weighted by molar-refractivity contribution is -0.118. The Labute approximate surface area is 155 Å². The monoisotopic (exact) mass is 367 g/mol. The van der Waals surface area contributed by atoms with E-state index in [1.807, 2.05) is 24.3 Å². The zero-order chi connectivity index (χ0) is 17.6. The molecular formula is C19H14ClN3OS. The Hall–Kier alpha value is -2.42. The van der Waals surface area contributed by atoms with Gasteiger partial charge in [0, 0.05) is 10.8 Å². The van der Waals surface area contributed by atoms with Crippen LogP contribution in [0, 0.1) is 17.2 Å². The number of aryl methyl sites for hydroxylation is 1. The van der Waals surface area contributed by atoms with Crippen molar-refractivity contribution in [2.24, 2.45) is 15.9 Å². The summed E-state index contributed by atoms with van der Waals surface area (Å²) in [5.41, 5.74) is 2.36.